The summed E-state index contributed by atoms with van der Waals surface area (Å²) < 4.78 is 53.3. The molecule has 3 rings (SSSR count). The Hall–Kier alpha value is -2.84. The number of aliphatic hydroxyl groups excluding tert-OH is 1. The molecule has 0 spiro atoms. The monoisotopic (exact) mass is 413 g/mol. The Morgan fingerprint density at radius 3 is 2.54 bits per heavy atom. The molecule has 9 heteroatoms. The quantitative estimate of drug-likeness (QED) is 0.536. The zero-order chi connectivity index (χ0) is 20.6. The van der Waals surface area contributed by atoms with E-state index < -0.39 is 29.7 Å². The Labute approximate surface area is 160 Å². The van der Waals surface area contributed by atoms with E-state index >= 15 is 0 Å². The van der Waals surface area contributed by atoms with E-state index in [4.69, 9.17) is 16.7 Å². The van der Waals surface area contributed by atoms with Crippen LogP contribution < -0.4 is 5.56 Å². The molecule has 28 heavy (non-hydrogen) atoms. The first-order valence-electron chi connectivity index (χ1n) is 7.85. The number of H-pyrrole nitrogens is 1. The van der Waals surface area contributed by atoms with Crippen molar-refractivity contribution in [1.29, 1.82) is 0 Å². The Balaban J connectivity index is 2.52. The number of aromatic amines is 1. The summed E-state index contributed by atoms with van der Waals surface area (Å²) in [7, 11) is 0. The summed E-state index contributed by atoms with van der Waals surface area (Å²) in [6.45, 7) is -1.01. The van der Waals surface area contributed by atoms with E-state index in [1.54, 1.807) is 0 Å². The van der Waals surface area contributed by atoms with Crippen molar-refractivity contribution in [3.63, 3.8) is 0 Å². The maximum atomic E-state index is 13.7. The normalized spacial score (nSPS) is 12.6. The van der Waals surface area contributed by atoms with Gasteiger partial charge in [0, 0.05) is 27.1 Å². The van der Waals surface area contributed by atoms with Gasteiger partial charge in [-0.05, 0) is 42.5 Å². The van der Waals surface area contributed by atoms with Crippen LogP contribution in [0, 0.1) is 0 Å². The third-order valence-electron chi connectivity index (χ3n) is 4.06. The molecule has 3 N–H and O–H groups in total. The molecule has 3 aromatic rings. The number of phenolic OH excluding ortho intramolecular Hbond substituents is 1. The van der Waals surface area contributed by atoms with E-state index in [9.17, 15) is 27.5 Å². The van der Waals surface area contributed by atoms with Crippen molar-refractivity contribution in [3.8, 4) is 16.9 Å². The van der Waals surface area contributed by atoms with Gasteiger partial charge in [-0.15, -0.1) is 0 Å². The van der Waals surface area contributed by atoms with Crippen LogP contribution in [-0.4, -0.2) is 21.8 Å². The predicted molar refractivity (Wildman–Crippen MR) is 97.9 cm³/mol. The standard InChI is InChI=1S/C19H12ClF4NO3/c20-10-2-4-16(27)13(6-10)17-12-5-9(19(22,23)24)1-3-15(12)25-18(28)14(17)7-11(21)8-26/h1-7,26-27H,8H2,(H,25,28)/b11-7-. The number of halogens is 5. The highest BCUT2D eigenvalue weighted by molar-refractivity contribution is 6.31. The molecule has 1 aromatic heterocycles. The SMILES string of the molecule is O=c1[nH]c2ccc(C(F)(F)F)cc2c(-c2cc(Cl)ccc2O)c1/C=C(\F)CO. The molecular weight excluding hydrogens is 402 g/mol. The van der Waals surface area contributed by atoms with Crippen LogP contribution in [0.3, 0.4) is 0 Å². The van der Waals surface area contributed by atoms with E-state index in [2.05, 4.69) is 4.98 Å². The zero-order valence-corrected chi connectivity index (χ0v) is 14.7. The molecule has 0 atom stereocenters. The van der Waals surface area contributed by atoms with Gasteiger partial charge in [0.05, 0.1) is 17.7 Å². The van der Waals surface area contributed by atoms with Crippen molar-refractivity contribution < 1.29 is 27.8 Å². The number of alkyl halides is 3. The summed E-state index contributed by atoms with van der Waals surface area (Å²) in [6.07, 6.45) is -3.96. The van der Waals surface area contributed by atoms with Crippen LogP contribution in [0.15, 0.2) is 47.0 Å². The summed E-state index contributed by atoms with van der Waals surface area (Å²) in [4.78, 5) is 14.9. The fraction of sp³-hybridized carbons (Fsp3) is 0.105. The molecule has 0 aliphatic carbocycles. The second kappa shape index (κ2) is 7.29. The molecule has 4 nitrogen and oxygen atoms in total. The molecule has 0 amide bonds. The van der Waals surface area contributed by atoms with E-state index in [-0.39, 0.29) is 38.4 Å². The van der Waals surface area contributed by atoms with Gasteiger partial charge < -0.3 is 15.2 Å². The first kappa shape index (κ1) is 19.9. The highest BCUT2D eigenvalue weighted by Gasteiger charge is 2.31. The smallest absolute Gasteiger partial charge is 0.416 e. The van der Waals surface area contributed by atoms with E-state index in [0.29, 0.717) is 6.08 Å². The third-order valence-corrected chi connectivity index (χ3v) is 4.29. The lowest BCUT2D eigenvalue weighted by Gasteiger charge is -2.15. The van der Waals surface area contributed by atoms with Crippen molar-refractivity contribution >= 4 is 28.6 Å². The molecule has 0 fully saturated rings. The lowest BCUT2D eigenvalue weighted by molar-refractivity contribution is -0.137. The second-order valence-electron chi connectivity index (χ2n) is 5.91. The number of benzene rings is 2. The van der Waals surface area contributed by atoms with Gasteiger partial charge in [-0.2, -0.15) is 13.2 Å². The van der Waals surface area contributed by atoms with Crippen LogP contribution in [0.4, 0.5) is 17.6 Å². The van der Waals surface area contributed by atoms with Gasteiger partial charge in [0.2, 0.25) is 0 Å². The number of nitrogens with one attached hydrogen (secondary N) is 1. The minimum Gasteiger partial charge on any atom is -0.507 e. The number of aromatic nitrogens is 1. The Morgan fingerprint density at radius 1 is 1.18 bits per heavy atom. The van der Waals surface area contributed by atoms with Crippen LogP contribution in [0.1, 0.15) is 11.1 Å². The fourth-order valence-corrected chi connectivity index (χ4v) is 3.00. The maximum Gasteiger partial charge on any atom is 0.416 e. The lowest BCUT2D eigenvalue weighted by atomic mass is 9.94. The molecule has 2 aromatic carbocycles. The van der Waals surface area contributed by atoms with Crippen LogP contribution in [0.5, 0.6) is 5.75 Å². The average Bonchev–Trinajstić information content (AvgIpc) is 2.63. The van der Waals surface area contributed by atoms with Gasteiger partial charge in [-0.3, -0.25) is 4.79 Å². The Kier molecular flexibility index (Phi) is 5.18. The number of fused-ring (bicyclic) bond motifs is 1. The lowest BCUT2D eigenvalue weighted by Crippen LogP contribution is -2.13. The van der Waals surface area contributed by atoms with Crippen LogP contribution in [-0.2, 0) is 6.18 Å². The highest BCUT2D eigenvalue weighted by atomic mass is 35.5. The van der Waals surface area contributed by atoms with E-state index in [0.717, 1.165) is 18.2 Å². The van der Waals surface area contributed by atoms with Gasteiger partial charge in [0.15, 0.2) is 0 Å². The zero-order valence-electron chi connectivity index (χ0n) is 13.9. The van der Waals surface area contributed by atoms with Crippen molar-refractivity contribution in [2.45, 2.75) is 6.18 Å². The van der Waals surface area contributed by atoms with E-state index in [1.165, 1.54) is 18.2 Å². The summed E-state index contributed by atoms with van der Waals surface area (Å²) in [5.74, 6) is -1.45. The molecule has 0 saturated heterocycles. The summed E-state index contributed by atoms with van der Waals surface area (Å²) in [5.41, 5.74) is -2.32. The van der Waals surface area contributed by atoms with Gasteiger partial charge in [-0.1, -0.05) is 11.6 Å². The Morgan fingerprint density at radius 2 is 1.89 bits per heavy atom. The van der Waals surface area contributed by atoms with Gasteiger partial charge in [0.1, 0.15) is 11.6 Å². The Bertz CT molecular complexity index is 1150. The van der Waals surface area contributed by atoms with Crippen molar-refractivity contribution in [1.82, 2.24) is 4.98 Å². The van der Waals surface area contributed by atoms with Crippen molar-refractivity contribution in [2.75, 3.05) is 6.61 Å². The molecule has 0 aliphatic rings. The average molecular weight is 414 g/mol. The fourth-order valence-electron chi connectivity index (χ4n) is 2.82. The molecule has 0 saturated carbocycles. The number of phenols is 1. The number of aromatic hydroxyl groups is 1. The number of aliphatic hydroxyl groups is 1. The van der Waals surface area contributed by atoms with Gasteiger partial charge in [0.25, 0.3) is 5.56 Å². The number of pyridine rings is 1. The number of rotatable bonds is 3. The van der Waals surface area contributed by atoms with Crippen molar-refractivity contribution in [3.05, 3.63) is 68.7 Å². The van der Waals surface area contributed by atoms with Gasteiger partial charge >= 0.3 is 6.18 Å². The van der Waals surface area contributed by atoms with Crippen LogP contribution >= 0.6 is 11.6 Å². The third kappa shape index (κ3) is 3.74. The molecule has 0 unspecified atom stereocenters. The summed E-state index contributed by atoms with van der Waals surface area (Å²) in [6, 6.07) is 6.45. The van der Waals surface area contributed by atoms with Gasteiger partial charge in [-0.25, -0.2) is 4.39 Å². The van der Waals surface area contributed by atoms with Crippen molar-refractivity contribution in [2.24, 2.45) is 0 Å². The molecule has 1 heterocycles. The highest BCUT2D eigenvalue weighted by Crippen LogP contribution is 2.40. The number of hydrogen-bond acceptors (Lipinski definition) is 3. The molecule has 0 bridgehead atoms. The topological polar surface area (TPSA) is 73.3 Å². The molecule has 0 radical (unpaired) electrons. The van der Waals surface area contributed by atoms with Crippen LogP contribution in [0.2, 0.25) is 5.02 Å². The first-order chi connectivity index (χ1) is 13.1. The predicted octanol–water partition coefficient (Wildman–Crippen LogP) is 4.88. The first-order valence-corrected chi connectivity index (χ1v) is 8.22. The molecular formula is C19H12ClF4NO3. The summed E-state index contributed by atoms with van der Waals surface area (Å²) in [5, 5.41) is 19.2. The maximum absolute atomic E-state index is 13.7. The molecule has 146 valence electrons. The number of hydrogen-bond donors (Lipinski definition) is 3. The van der Waals surface area contributed by atoms with E-state index in [1.807, 2.05) is 0 Å². The minimum atomic E-state index is -4.66. The molecule has 0 aliphatic heterocycles. The summed E-state index contributed by atoms with van der Waals surface area (Å²) >= 11 is 5.94. The largest absolute Gasteiger partial charge is 0.507 e. The minimum absolute atomic E-state index is 0.0499. The van der Waals surface area contributed by atoms with Crippen LogP contribution in [0.25, 0.3) is 28.1 Å². The second-order valence-corrected chi connectivity index (χ2v) is 6.35.